The highest BCUT2D eigenvalue weighted by molar-refractivity contribution is 5.58. The van der Waals surface area contributed by atoms with Gasteiger partial charge in [-0.3, -0.25) is 4.90 Å². The second kappa shape index (κ2) is 7.25. The van der Waals surface area contributed by atoms with Crippen LogP contribution < -0.4 is 4.90 Å². The molecule has 25 heavy (non-hydrogen) atoms. The van der Waals surface area contributed by atoms with Gasteiger partial charge in [0.25, 0.3) is 0 Å². The molecular formula is C21H26N4. The van der Waals surface area contributed by atoms with Crippen molar-refractivity contribution in [1.82, 2.24) is 9.88 Å². The zero-order chi connectivity index (χ0) is 18.0. The number of aryl methyl sites for hydroxylation is 4. The monoisotopic (exact) mass is 334 g/mol. The Hall–Kier alpha value is -2.38. The molecule has 4 heteroatoms. The van der Waals surface area contributed by atoms with Crippen molar-refractivity contribution in [2.24, 2.45) is 0 Å². The average molecular weight is 334 g/mol. The van der Waals surface area contributed by atoms with Crippen molar-refractivity contribution in [2.75, 3.05) is 31.1 Å². The average Bonchev–Trinajstić information content (AvgIpc) is 2.57. The topological polar surface area (TPSA) is 43.2 Å². The van der Waals surface area contributed by atoms with Crippen LogP contribution in [0.15, 0.2) is 24.3 Å². The van der Waals surface area contributed by atoms with Gasteiger partial charge < -0.3 is 4.90 Å². The van der Waals surface area contributed by atoms with Crippen molar-refractivity contribution in [2.45, 2.75) is 34.2 Å². The van der Waals surface area contributed by atoms with Gasteiger partial charge in [0, 0.05) is 38.4 Å². The van der Waals surface area contributed by atoms with Crippen LogP contribution in [0.1, 0.15) is 33.5 Å². The first-order valence-electron chi connectivity index (χ1n) is 8.89. The van der Waals surface area contributed by atoms with Gasteiger partial charge in [-0.05, 0) is 50.5 Å². The molecule has 1 fully saturated rings. The van der Waals surface area contributed by atoms with Crippen molar-refractivity contribution < 1.29 is 0 Å². The summed E-state index contributed by atoms with van der Waals surface area (Å²) in [5.74, 6) is 0.853. The van der Waals surface area contributed by atoms with Crippen molar-refractivity contribution in [3.8, 4) is 6.07 Å². The van der Waals surface area contributed by atoms with Crippen molar-refractivity contribution >= 4 is 5.82 Å². The molecule has 0 radical (unpaired) electrons. The van der Waals surface area contributed by atoms with E-state index in [0.29, 0.717) is 5.56 Å². The third-order valence-electron chi connectivity index (χ3n) is 5.00. The van der Waals surface area contributed by atoms with Crippen LogP contribution in [0.3, 0.4) is 0 Å². The molecule has 0 bridgehead atoms. The molecule has 4 nitrogen and oxygen atoms in total. The van der Waals surface area contributed by atoms with E-state index in [1.165, 1.54) is 16.7 Å². The normalized spacial score (nSPS) is 15.2. The molecule has 0 unspecified atom stereocenters. The number of nitrogens with zero attached hydrogens (tertiary/aromatic N) is 4. The molecule has 0 amide bonds. The van der Waals surface area contributed by atoms with E-state index in [4.69, 9.17) is 0 Å². The molecule has 1 aromatic carbocycles. The molecule has 1 saturated heterocycles. The second-order valence-electron chi connectivity index (χ2n) is 7.08. The first-order chi connectivity index (χ1) is 12.0. The molecular weight excluding hydrogens is 308 g/mol. The number of piperazine rings is 1. The summed E-state index contributed by atoms with van der Waals surface area (Å²) in [5, 5.41) is 9.49. The zero-order valence-corrected chi connectivity index (χ0v) is 15.6. The third-order valence-corrected chi connectivity index (χ3v) is 5.00. The molecule has 2 aromatic rings. The minimum atomic E-state index is 0.716. The van der Waals surface area contributed by atoms with Crippen molar-refractivity contribution in [3.05, 3.63) is 57.8 Å². The molecule has 1 aliphatic heterocycles. The molecule has 2 heterocycles. The predicted molar refractivity (Wildman–Crippen MR) is 102 cm³/mol. The van der Waals surface area contributed by atoms with Gasteiger partial charge in [-0.2, -0.15) is 5.26 Å². The van der Waals surface area contributed by atoms with Gasteiger partial charge in [0.05, 0.1) is 5.56 Å². The van der Waals surface area contributed by atoms with Crippen LogP contribution in [0.25, 0.3) is 0 Å². The van der Waals surface area contributed by atoms with Crippen LogP contribution in [0.5, 0.6) is 0 Å². The lowest BCUT2D eigenvalue weighted by molar-refractivity contribution is 0.249. The fourth-order valence-electron chi connectivity index (χ4n) is 3.57. The number of nitriles is 1. The summed E-state index contributed by atoms with van der Waals surface area (Å²) in [7, 11) is 0. The van der Waals surface area contributed by atoms with Gasteiger partial charge in [0.1, 0.15) is 11.9 Å². The second-order valence-corrected chi connectivity index (χ2v) is 7.08. The number of hydrogen-bond acceptors (Lipinski definition) is 4. The SMILES string of the molecule is Cc1ccc(CN2CCN(c3nc(C)cc(C)c3C#N)CC2)c(C)c1. The molecule has 1 aromatic heterocycles. The summed E-state index contributed by atoms with van der Waals surface area (Å²) >= 11 is 0. The van der Waals surface area contributed by atoms with Crippen molar-refractivity contribution in [3.63, 3.8) is 0 Å². The summed E-state index contributed by atoms with van der Waals surface area (Å²) in [6, 6.07) is 11.0. The van der Waals surface area contributed by atoms with Crippen LogP contribution in [0.2, 0.25) is 0 Å². The maximum absolute atomic E-state index is 9.49. The van der Waals surface area contributed by atoms with E-state index < -0.39 is 0 Å². The Kier molecular flexibility index (Phi) is 5.06. The Morgan fingerprint density at radius 1 is 1.00 bits per heavy atom. The maximum Gasteiger partial charge on any atom is 0.147 e. The Labute approximate surface area is 150 Å². The molecule has 0 atom stereocenters. The summed E-state index contributed by atoms with van der Waals surface area (Å²) in [5.41, 5.74) is 6.79. The fourth-order valence-corrected chi connectivity index (χ4v) is 3.57. The molecule has 0 spiro atoms. The summed E-state index contributed by atoms with van der Waals surface area (Å²) in [4.78, 5) is 9.40. The first kappa shape index (κ1) is 17.4. The Balaban J connectivity index is 1.69. The van der Waals surface area contributed by atoms with Crippen LogP contribution in [-0.4, -0.2) is 36.1 Å². The van der Waals surface area contributed by atoms with Gasteiger partial charge in [0.15, 0.2) is 0 Å². The Bertz CT molecular complexity index is 811. The van der Waals surface area contributed by atoms with Gasteiger partial charge in [-0.15, -0.1) is 0 Å². The zero-order valence-electron chi connectivity index (χ0n) is 15.6. The summed E-state index contributed by atoms with van der Waals surface area (Å²) < 4.78 is 0. The van der Waals surface area contributed by atoms with E-state index in [2.05, 4.69) is 52.9 Å². The van der Waals surface area contributed by atoms with Gasteiger partial charge in [0.2, 0.25) is 0 Å². The standard InChI is InChI=1S/C21H26N4/c1-15-5-6-19(16(2)11-15)14-24-7-9-25(10-8-24)21-20(13-22)17(3)12-18(4)23-21/h5-6,11-12H,7-10,14H2,1-4H3. The Morgan fingerprint density at radius 3 is 2.36 bits per heavy atom. The lowest BCUT2D eigenvalue weighted by atomic mass is 10.0. The third kappa shape index (κ3) is 3.83. The first-order valence-corrected chi connectivity index (χ1v) is 8.89. The minimum Gasteiger partial charge on any atom is -0.353 e. The van der Waals surface area contributed by atoms with E-state index >= 15 is 0 Å². The molecule has 0 aliphatic carbocycles. The fraction of sp³-hybridized carbons (Fsp3) is 0.429. The molecule has 3 rings (SSSR count). The van der Waals surface area contributed by atoms with Crippen LogP contribution >= 0.6 is 0 Å². The van der Waals surface area contributed by atoms with E-state index in [1.54, 1.807) is 0 Å². The van der Waals surface area contributed by atoms with Crippen molar-refractivity contribution in [1.29, 1.82) is 5.26 Å². The quantitative estimate of drug-likeness (QED) is 0.861. The molecule has 0 saturated carbocycles. The van der Waals surface area contributed by atoms with E-state index in [-0.39, 0.29) is 0 Å². The highest BCUT2D eigenvalue weighted by Gasteiger charge is 2.22. The number of pyridine rings is 1. The van der Waals surface area contributed by atoms with Crippen LogP contribution in [0.4, 0.5) is 5.82 Å². The lowest BCUT2D eigenvalue weighted by Crippen LogP contribution is -2.46. The van der Waals surface area contributed by atoms with Crippen LogP contribution in [-0.2, 0) is 6.54 Å². The van der Waals surface area contributed by atoms with Gasteiger partial charge >= 0.3 is 0 Å². The van der Waals surface area contributed by atoms with E-state index in [0.717, 1.165) is 49.8 Å². The smallest absolute Gasteiger partial charge is 0.147 e. The van der Waals surface area contributed by atoms with Gasteiger partial charge in [-0.25, -0.2) is 4.98 Å². The van der Waals surface area contributed by atoms with E-state index in [1.807, 2.05) is 19.9 Å². The number of anilines is 1. The highest BCUT2D eigenvalue weighted by Crippen LogP contribution is 2.23. The molecule has 0 N–H and O–H groups in total. The number of benzene rings is 1. The Morgan fingerprint density at radius 2 is 1.72 bits per heavy atom. The summed E-state index contributed by atoms with van der Waals surface area (Å²) in [6.07, 6.45) is 0. The molecule has 1 aliphatic rings. The predicted octanol–water partition coefficient (Wildman–Crippen LogP) is 3.51. The van der Waals surface area contributed by atoms with E-state index in [9.17, 15) is 5.26 Å². The maximum atomic E-state index is 9.49. The van der Waals surface area contributed by atoms with Gasteiger partial charge in [-0.1, -0.05) is 23.8 Å². The van der Waals surface area contributed by atoms with Crippen LogP contribution in [0, 0.1) is 39.0 Å². The number of aromatic nitrogens is 1. The minimum absolute atomic E-state index is 0.716. The summed E-state index contributed by atoms with van der Waals surface area (Å²) in [6.45, 7) is 13.1. The number of rotatable bonds is 3. The molecule has 130 valence electrons. The number of hydrogen-bond donors (Lipinski definition) is 0. The largest absolute Gasteiger partial charge is 0.353 e. The highest BCUT2D eigenvalue weighted by atomic mass is 15.3. The lowest BCUT2D eigenvalue weighted by Gasteiger charge is -2.36.